The molecule has 18 heavy (non-hydrogen) atoms. The highest BCUT2D eigenvalue weighted by atomic mass is 35.5. The van der Waals surface area contributed by atoms with Crippen molar-refractivity contribution in [2.75, 3.05) is 45.2 Å². The van der Waals surface area contributed by atoms with Crippen molar-refractivity contribution in [3.63, 3.8) is 0 Å². The van der Waals surface area contributed by atoms with Crippen LogP contribution in [0.2, 0.25) is 5.02 Å². The number of nitrogens with zero attached hydrogens (tertiary/aromatic N) is 2. The van der Waals surface area contributed by atoms with Crippen LogP contribution in [0.3, 0.4) is 0 Å². The summed E-state index contributed by atoms with van der Waals surface area (Å²) in [4.78, 5) is 4.89. The number of piperazine rings is 1. The minimum Gasteiger partial charge on any atom is -0.366 e. The van der Waals surface area contributed by atoms with Gasteiger partial charge in [0.15, 0.2) is 0 Å². The van der Waals surface area contributed by atoms with Crippen molar-refractivity contribution in [3.8, 4) is 0 Å². The van der Waals surface area contributed by atoms with Gasteiger partial charge in [0, 0.05) is 36.4 Å². The van der Waals surface area contributed by atoms with E-state index in [0.29, 0.717) is 6.04 Å². The summed E-state index contributed by atoms with van der Waals surface area (Å²) < 4.78 is 0. The van der Waals surface area contributed by atoms with Crippen LogP contribution in [0, 0.1) is 0 Å². The van der Waals surface area contributed by atoms with Gasteiger partial charge in [0.05, 0.1) is 0 Å². The first kappa shape index (κ1) is 13.7. The Morgan fingerprint density at radius 3 is 2.94 bits per heavy atom. The van der Waals surface area contributed by atoms with E-state index in [0.717, 1.165) is 37.6 Å². The Balaban J connectivity index is 2.12. The Morgan fingerprint density at radius 1 is 1.39 bits per heavy atom. The molecule has 1 N–H and O–H groups in total. The summed E-state index contributed by atoms with van der Waals surface area (Å²) in [6.07, 6.45) is 1.16. The fourth-order valence-electron chi connectivity index (χ4n) is 2.56. The van der Waals surface area contributed by atoms with Gasteiger partial charge in [-0.3, -0.25) is 0 Å². The molecule has 2 rings (SSSR count). The molecule has 1 atom stereocenters. The summed E-state index contributed by atoms with van der Waals surface area (Å²) in [6.45, 7) is 4.36. The lowest BCUT2D eigenvalue weighted by molar-refractivity contribution is 0.260. The summed E-state index contributed by atoms with van der Waals surface area (Å²) in [5.41, 5.74) is 1.25. The maximum absolute atomic E-state index is 6.10. The maximum atomic E-state index is 6.10. The largest absolute Gasteiger partial charge is 0.366 e. The Hall–Kier alpha value is -0.770. The zero-order valence-electron chi connectivity index (χ0n) is 11.2. The zero-order chi connectivity index (χ0) is 13.0. The predicted octanol–water partition coefficient (Wildman–Crippen LogP) is 2.07. The molecule has 100 valence electrons. The number of hydrogen-bond donors (Lipinski definition) is 1. The molecule has 1 fully saturated rings. The van der Waals surface area contributed by atoms with Crippen molar-refractivity contribution in [1.29, 1.82) is 0 Å². The molecule has 1 aromatic carbocycles. The lowest BCUT2D eigenvalue weighted by Gasteiger charge is -2.41. The van der Waals surface area contributed by atoms with Crippen molar-refractivity contribution in [1.82, 2.24) is 10.2 Å². The monoisotopic (exact) mass is 267 g/mol. The van der Waals surface area contributed by atoms with E-state index < -0.39 is 0 Å². The molecule has 1 aliphatic heterocycles. The second-order valence-corrected chi connectivity index (χ2v) is 5.42. The molecule has 1 saturated heterocycles. The van der Waals surface area contributed by atoms with E-state index in [-0.39, 0.29) is 0 Å². The number of nitrogens with one attached hydrogen (secondary N) is 1. The normalized spacial score (nSPS) is 21.3. The van der Waals surface area contributed by atoms with Gasteiger partial charge in [-0.2, -0.15) is 0 Å². The van der Waals surface area contributed by atoms with Gasteiger partial charge in [-0.15, -0.1) is 0 Å². The van der Waals surface area contributed by atoms with Gasteiger partial charge >= 0.3 is 0 Å². The van der Waals surface area contributed by atoms with E-state index >= 15 is 0 Å². The molecule has 0 radical (unpaired) electrons. The second-order valence-electron chi connectivity index (χ2n) is 4.98. The van der Waals surface area contributed by atoms with E-state index in [1.165, 1.54) is 5.69 Å². The standard InChI is InChI=1S/C14H22ClN3/c1-16-7-6-14-11-17(2)8-9-18(14)13-5-3-4-12(15)10-13/h3-5,10,14,16H,6-9,11H2,1-2H3. The molecule has 1 unspecified atom stereocenters. The van der Waals surface area contributed by atoms with Crippen molar-refractivity contribution in [3.05, 3.63) is 29.3 Å². The van der Waals surface area contributed by atoms with Gasteiger partial charge in [-0.05, 0) is 45.3 Å². The summed E-state index contributed by atoms with van der Waals surface area (Å²) >= 11 is 6.10. The Bertz CT molecular complexity index is 383. The highest BCUT2D eigenvalue weighted by molar-refractivity contribution is 6.30. The average molecular weight is 268 g/mol. The summed E-state index contributed by atoms with van der Waals surface area (Å²) in [5, 5.41) is 4.06. The van der Waals surface area contributed by atoms with Crippen LogP contribution in [0.15, 0.2) is 24.3 Å². The Labute approximate surface area is 115 Å². The molecular formula is C14H22ClN3. The fourth-order valence-corrected chi connectivity index (χ4v) is 2.75. The Morgan fingerprint density at radius 2 is 2.22 bits per heavy atom. The summed E-state index contributed by atoms with van der Waals surface area (Å²) in [6, 6.07) is 8.76. The highest BCUT2D eigenvalue weighted by Crippen LogP contribution is 2.24. The van der Waals surface area contributed by atoms with Crippen LogP contribution in [0.25, 0.3) is 0 Å². The topological polar surface area (TPSA) is 18.5 Å². The van der Waals surface area contributed by atoms with Crippen LogP contribution in [0.1, 0.15) is 6.42 Å². The van der Waals surface area contributed by atoms with Gasteiger partial charge in [0.1, 0.15) is 0 Å². The van der Waals surface area contributed by atoms with E-state index in [9.17, 15) is 0 Å². The average Bonchev–Trinajstić information content (AvgIpc) is 2.36. The molecule has 0 amide bonds. The van der Waals surface area contributed by atoms with E-state index in [1.54, 1.807) is 0 Å². The SMILES string of the molecule is CNCCC1CN(C)CCN1c1cccc(Cl)c1. The first-order valence-corrected chi connectivity index (χ1v) is 6.94. The van der Waals surface area contributed by atoms with Crippen LogP contribution >= 0.6 is 11.6 Å². The lowest BCUT2D eigenvalue weighted by Crippen LogP contribution is -2.52. The fraction of sp³-hybridized carbons (Fsp3) is 0.571. The minimum absolute atomic E-state index is 0.565. The number of anilines is 1. The molecule has 0 aliphatic carbocycles. The van der Waals surface area contributed by atoms with E-state index in [2.05, 4.69) is 34.3 Å². The number of halogens is 1. The number of hydrogen-bond acceptors (Lipinski definition) is 3. The number of likely N-dealkylation sites (N-methyl/N-ethyl adjacent to an activating group) is 1. The van der Waals surface area contributed by atoms with E-state index in [1.807, 2.05) is 19.2 Å². The molecule has 3 nitrogen and oxygen atoms in total. The van der Waals surface area contributed by atoms with Crippen LogP contribution in [0.4, 0.5) is 5.69 Å². The molecule has 0 saturated carbocycles. The third kappa shape index (κ3) is 3.37. The molecule has 1 aliphatic rings. The molecule has 4 heteroatoms. The third-order valence-corrected chi connectivity index (χ3v) is 3.79. The van der Waals surface area contributed by atoms with Crippen molar-refractivity contribution in [2.24, 2.45) is 0 Å². The first-order valence-electron chi connectivity index (χ1n) is 6.56. The molecule has 1 heterocycles. The van der Waals surface area contributed by atoms with Crippen LogP contribution < -0.4 is 10.2 Å². The van der Waals surface area contributed by atoms with Crippen LogP contribution in [0.5, 0.6) is 0 Å². The highest BCUT2D eigenvalue weighted by Gasteiger charge is 2.24. The van der Waals surface area contributed by atoms with Gasteiger partial charge in [0.25, 0.3) is 0 Å². The summed E-state index contributed by atoms with van der Waals surface area (Å²) in [7, 11) is 4.21. The van der Waals surface area contributed by atoms with Gasteiger partial charge < -0.3 is 15.1 Å². The number of benzene rings is 1. The zero-order valence-corrected chi connectivity index (χ0v) is 12.0. The van der Waals surface area contributed by atoms with Gasteiger partial charge in [-0.25, -0.2) is 0 Å². The summed E-state index contributed by atoms with van der Waals surface area (Å²) in [5.74, 6) is 0. The van der Waals surface area contributed by atoms with Gasteiger partial charge in [0.2, 0.25) is 0 Å². The van der Waals surface area contributed by atoms with Crippen molar-refractivity contribution >= 4 is 17.3 Å². The first-order chi connectivity index (χ1) is 8.70. The molecular weight excluding hydrogens is 246 g/mol. The molecule has 1 aromatic rings. The minimum atomic E-state index is 0.565. The smallest absolute Gasteiger partial charge is 0.0429 e. The van der Waals surface area contributed by atoms with Crippen molar-refractivity contribution in [2.45, 2.75) is 12.5 Å². The van der Waals surface area contributed by atoms with Crippen LogP contribution in [-0.4, -0.2) is 51.2 Å². The second kappa shape index (κ2) is 6.41. The molecule has 0 bridgehead atoms. The van der Waals surface area contributed by atoms with Crippen LogP contribution in [-0.2, 0) is 0 Å². The molecule has 0 aromatic heterocycles. The quantitative estimate of drug-likeness (QED) is 0.901. The van der Waals surface area contributed by atoms with Crippen molar-refractivity contribution < 1.29 is 0 Å². The maximum Gasteiger partial charge on any atom is 0.0429 e. The predicted molar refractivity (Wildman–Crippen MR) is 78.6 cm³/mol. The van der Waals surface area contributed by atoms with E-state index in [4.69, 9.17) is 11.6 Å². The molecule has 0 spiro atoms. The third-order valence-electron chi connectivity index (χ3n) is 3.55. The van der Waals surface area contributed by atoms with Gasteiger partial charge in [-0.1, -0.05) is 17.7 Å². The Kier molecular flexibility index (Phi) is 4.87. The number of rotatable bonds is 4. The lowest BCUT2D eigenvalue weighted by atomic mass is 10.1.